The average molecular weight is 425 g/mol. The van der Waals surface area contributed by atoms with Gasteiger partial charge in [0.25, 0.3) is 0 Å². The van der Waals surface area contributed by atoms with Gasteiger partial charge in [-0.2, -0.15) is 13.2 Å². The van der Waals surface area contributed by atoms with Gasteiger partial charge in [-0.3, -0.25) is 4.79 Å². The molecule has 0 aliphatic carbocycles. The fourth-order valence-electron chi connectivity index (χ4n) is 2.02. The number of hydrogen-bond acceptors (Lipinski definition) is 1. The Bertz CT molecular complexity index is 751. The Morgan fingerprint density at radius 3 is 2.50 bits per heavy atom. The summed E-state index contributed by atoms with van der Waals surface area (Å²) in [6.45, 7) is 0. The Morgan fingerprint density at radius 2 is 1.88 bits per heavy atom. The fourth-order valence-corrected chi connectivity index (χ4v) is 2.66. The van der Waals surface area contributed by atoms with Crippen LogP contribution in [-0.4, -0.2) is 10.7 Å². The van der Waals surface area contributed by atoms with Crippen LogP contribution in [0.1, 0.15) is 11.1 Å². The van der Waals surface area contributed by atoms with E-state index in [9.17, 15) is 22.4 Å². The molecule has 24 heavy (non-hydrogen) atoms. The number of amides is 1. The van der Waals surface area contributed by atoms with Gasteiger partial charge in [0, 0.05) is 5.02 Å². The first-order valence-corrected chi connectivity index (χ1v) is 8.03. The van der Waals surface area contributed by atoms with Gasteiger partial charge in [0.15, 0.2) is 0 Å². The van der Waals surface area contributed by atoms with Gasteiger partial charge >= 0.3 is 6.18 Å². The quantitative estimate of drug-likeness (QED) is 0.514. The largest absolute Gasteiger partial charge is 0.418 e. The summed E-state index contributed by atoms with van der Waals surface area (Å²) in [5, 5.41) is 2.10. The van der Waals surface area contributed by atoms with Crippen LogP contribution < -0.4 is 5.32 Å². The molecule has 0 saturated carbocycles. The molecule has 0 bridgehead atoms. The van der Waals surface area contributed by atoms with Crippen molar-refractivity contribution in [1.82, 2.24) is 0 Å². The molecule has 0 radical (unpaired) electrons. The van der Waals surface area contributed by atoms with Crippen molar-refractivity contribution < 1.29 is 22.4 Å². The van der Waals surface area contributed by atoms with Crippen molar-refractivity contribution in [3.8, 4) is 0 Å². The van der Waals surface area contributed by atoms with Crippen LogP contribution in [0.2, 0.25) is 5.02 Å². The normalized spacial score (nSPS) is 12.8. The molecule has 0 saturated heterocycles. The standard InChI is InChI=1S/C16H11BrClF4NO/c17-12(7-9-3-1-2-4-13(9)19)15(24)23-14-6-5-10(18)8-11(14)16(20,21)22/h1-6,8,12H,7H2,(H,23,24). The molecule has 2 rings (SSSR count). The molecule has 2 aromatic carbocycles. The number of alkyl halides is 4. The average Bonchev–Trinajstić information content (AvgIpc) is 2.50. The van der Waals surface area contributed by atoms with E-state index in [2.05, 4.69) is 21.2 Å². The summed E-state index contributed by atoms with van der Waals surface area (Å²) < 4.78 is 52.6. The summed E-state index contributed by atoms with van der Waals surface area (Å²) in [6, 6.07) is 8.91. The van der Waals surface area contributed by atoms with Gasteiger partial charge in [-0.25, -0.2) is 4.39 Å². The molecule has 1 amide bonds. The highest BCUT2D eigenvalue weighted by Crippen LogP contribution is 2.36. The number of carbonyl (C=O) groups excluding carboxylic acids is 1. The van der Waals surface area contributed by atoms with E-state index >= 15 is 0 Å². The third-order valence-corrected chi connectivity index (χ3v) is 4.16. The van der Waals surface area contributed by atoms with Crippen LogP contribution in [-0.2, 0) is 17.4 Å². The molecule has 0 heterocycles. The van der Waals surface area contributed by atoms with Crippen molar-refractivity contribution in [2.24, 2.45) is 0 Å². The highest BCUT2D eigenvalue weighted by Gasteiger charge is 2.34. The third kappa shape index (κ3) is 4.70. The molecule has 0 aliphatic rings. The highest BCUT2D eigenvalue weighted by atomic mass is 79.9. The summed E-state index contributed by atoms with van der Waals surface area (Å²) in [4.78, 5) is 11.2. The lowest BCUT2D eigenvalue weighted by Gasteiger charge is -2.16. The van der Waals surface area contributed by atoms with E-state index in [1.54, 1.807) is 6.07 Å². The SMILES string of the molecule is O=C(Nc1ccc(Cl)cc1C(F)(F)F)C(Br)Cc1ccccc1F. The second kappa shape index (κ2) is 7.53. The summed E-state index contributed by atoms with van der Waals surface area (Å²) >= 11 is 8.66. The monoisotopic (exact) mass is 423 g/mol. The number of benzene rings is 2. The maximum Gasteiger partial charge on any atom is 0.418 e. The van der Waals surface area contributed by atoms with Crippen LogP contribution in [0.3, 0.4) is 0 Å². The van der Waals surface area contributed by atoms with Crippen molar-refractivity contribution in [1.29, 1.82) is 0 Å². The fraction of sp³-hybridized carbons (Fsp3) is 0.188. The van der Waals surface area contributed by atoms with E-state index in [1.807, 2.05) is 0 Å². The summed E-state index contributed by atoms with van der Waals surface area (Å²) in [5.74, 6) is -1.21. The van der Waals surface area contributed by atoms with Crippen LogP contribution in [0, 0.1) is 5.82 Å². The van der Waals surface area contributed by atoms with Crippen LogP contribution in [0.5, 0.6) is 0 Å². The second-order valence-corrected chi connectivity index (χ2v) is 6.48. The molecule has 2 aromatic rings. The zero-order valence-electron chi connectivity index (χ0n) is 12.0. The maximum atomic E-state index is 13.6. The molecule has 128 valence electrons. The molecule has 0 spiro atoms. The lowest BCUT2D eigenvalue weighted by molar-refractivity contribution is -0.137. The topological polar surface area (TPSA) is 29.1 Å². The molecule has 2 nitrogen and oxygen atoms in total. The summed E-state index contributed by atoms with van der Waals surface area (Å²) in [7, 11) is 0. The van der Waals surface area contributed by atoms with E-state index in [-0.39, 0.29) is 17.0 Å². The number of carbonyl (C=O) groups is 1. The smallest absolute Gasteiger partial charge is 0.325 e. The predicted molar refractivity (Wildman–Crippen MR) is 87.9 cm³/mol. The van der Waals surface area contributed by atoms with Crippen molar-refractivity contribution in [2.45, 2.75) is 17.4 Å². The number of hydrogen-bond donors (Lipinski definition) is 1. The van der Waals surface area contributed by atoms with Gasteiger partial charge in [-0.15, -0.1) is 0 Å². The number of nitrogens with one attached hydrogen (secondary N) is 1. The van der Waals surface area contributed by atoms with Crippen molar-refractivity contribution in [3.05, 3.63) is 64.4 Å². The van der Waals surface area contributed by atoms with E-state index in [0.29, 0.717) is 0 Å². The first kappa shape index (κ1) is 18.7. The second-order valence-electron chi connectivity index (χ2n) is 4.94. The minimum absolute atomic E-state index is 0.00650. The Balaban J connectivity index is 2.16. The molecule has 1 N–H and O–H groups in total. The van der Waals surface area contributed by atoms with Crippen LogP contribution in [0.25, 0.3) is 0 Å². The van der Waals surface area contributed by atoms with Crippen molar-refractivity contribution >= 4 is 39.1 Å². The minimum Gasteiger partial charge on any atom is -0.325 e. The Labute approximate surface area is 148 Å². The molecule has 0 aromatic heterocycles. The maximum absolute atomic E-state index is 13.6. The zero-order chi connectivity index (χ0) is 17.9. The predicted octanol–water partition coefficient (Wildman–Crippen LogP) is 5.44. The molecule has 8 heteroatoms. The number of rotatable bonds is 4. The van der Waals surface area contributed by atoms with E-state index in [4.69, 9.17) is 11.6 Å². The van der Waals surface area contributed by atoms with Crippen LogP contribution >= 0.6 is 27.5 Å². The molecule has 1 unspecified atom stereocenters. The summed E-state index contributed by atoms with van der Waals surface area (Å²) in [5.41, 5.74) is -1.18. The first-order valence-electron chi connectivity index (χ1n) is 6.73. The molecule has 1 atom stereocenters. The van der Waals surface area contributed by atoms with Gasteiger partial charge < -0.3 is 5.32 Å². The van der Waals surface area contributed by atoms with E-state index in [0.717, 1.165) is 12.1 Å². The van der Waals surface area contributed by atoms with Crippen LogP contribution in [0.4, 0.5) is 23.2 Å². The lowest BCUT2D eigenvalue weighted by Crippen LogP contribution is -2.26. The Kier molecular flexibility index (Phi) is 5.87. The van der Waals surface area contributed by atoms with Crippen LogP contribution in [0.15, 0.2) is 42.5 Å². The molecule has 0 fully saturated rings. The summed E-state index contributed by atoms with van der Waals surface area (Å²) in [6.07, 6.45) is -4.67. The van der Waals surface area contributed by atoms with Crippen molar-refractivity contribution in [3.63, 3.8) is 0 Å². The van der Waals surface area contributed by atoms with Gasteiger partial charge in [-0.1, -0.05) is 45.7 Å². The third-order valence-electron chi connectivity index (χ3n) is 3.19. The van der Waals surface area contributed by atoms with E-state index in [1.165, 1.54) is 24.3 Å². The minimum atomic E-state index is -4.67. The molecular weight excluding hydrogens is 414 g/mol. The van der Waals surface area contributed by atoms with Gasteiger partial charge in [0.2, 0.25) is 5.91 Å². The van der Waals surface area contributed by atoms with Gasteiger partial charge in [0.1, 0.15) is 5.82 Å². The van der Waals surface area contributed by atoms with Gasteiger partial charge in [0.05, 0.1) is 16.1 Å². The Hall–Kier alpha value is -1.60. The number of anilines is 1. The number of halogens is 6. The zero-order valence-corrected chi connectivity index (χ0v) is 14.3. The first-order chi connectivity index (χ1) is 11.2. The van der Waals surface area contributed by atoms with Gasteiger partial charge in [-0.05, 0) is 36.2 Å². The molecular formula is C16H11BrClF4NO. The molecule has 0 aliphatic heterocycles. The lowest BCUT2D eigenvalue weighted by atomic mass is 10.1. The Morgan fingerprint density at radius 1 is 1.21 bits per heavy atom. The van der Waals surface area contributed by atoms with E-state index < -0.39 is 34.0 Å². The highest BCUT2D eigenvalue weighted by molar-refractivity contribution is 9.10. The van der Waals surface area contributed by atoms with Crippen molar-refractivity contribution in [2.75, 3.05) is 5.32 Å².